The Balaban J connectivity index is 1.10. The van der Waals surface area contributed by atoms with E-state index in [2.05, 4.69) is 62.8 Å². The summed E-state index contributed by atoms with van der Waals surface area (Å²) in [6.07, 6.45) is 4.92. The van der Waals surface area contributed by atoms with Crippen LogP contribution in [-0.2, 0) is 78.4 Å². The molecule has 3 aromatic carbocycles. The van der Waals surface area contributed by atoms with Crippen LogP contribution in [0, 0.1) is 11.8 Å². The molecule has 5 aromatic rings. The van der Waals surface area contributed by atoms with Gasteiger partial charge in [0.2, 0.25) is 65.0 Å². The monoisotopic (exact) mass is 1240 g/mol. The quantitative estimate of drug-likeness (QED) is 0.0251. The predicted molar refractivity (Wildman–Crippen MR) is 326 cm³/mol. The van der Waals surface area contributed by atoms with Crippen molar-refractivity contribution in [3.8, 4) is 11.5 Å². The first-order chi connectivity index (χ1) is 42.9. The largest absolute Gasteiger partial charge is 0.508 e. The van der Waals surface area contributed by atoms with Crippen LogP contribution >= 0.6 is 0 Å². The van der Waals surface area contributed by atoms with E-state index in [1.54, 1.807) is 70.3 Å². The standard InChI is InChI=1S/C62H80N14O14/c1-33(2)22-44(55(83)69-45(23-34(3)4)56(84)74-49(25-36-13-17-40(79)18-14-36)62(90)76-21-7-10-51(76)61(89)66-30-52(63)80)70-57(85)46(24-35-11-15-39(78)16-12-35)71-60(88)50(31-77)75-58(86)47(26-37-28-65-42-9-6-5-8-41(37)42)72-59(87)48(27-38-29-64-32-67-38)73-54(82)43-19-20-53(81)68-43/h5-6,8-9,11-18,28-29,32-34,43-51,65,77-79H,7,10,19-27,30-31H2,1-4H3,(H2,63,80)(H,64,67)(H,66,89)(H,68,81)(H,69,83)(H,70,85)(H,71,88)(H,72,87)(H,73,82)(H,74,84)(H,75,86)/t43-,44+,45-,46-,47-,48-,49-,50-,51-/m0/s1. The van der Waals surface area contributed by atoms with Gasteiger partial charge in [-0.25, -0.2) is 4.98 Å². The fourth-order valence-electron chi connectivity index (χ4n) is 10.8. The molecule has 4 heterocycles. The molecule has 2 aliphatic heterocycles. The van der Waals surface area contributed by atoms with Crippen LogP contribution in [-0.4, -0.2) is 174 Å². The number of phenolic OH excluding ortho intramolecular Hbond substituents is 2. The number of imidazole rings is 1. The number of aromatic nitrogens is 3. The third-order valence-electron chi connectivity index (χ3n) is 15.4. The Kier molecular flexibility index (Phi) is 24.0. The number of aliphatic hydroxyl groups excluding tert-OH is 1. The van der Waals surface area contributed by atoms with Crippen LogP contribution in [0.4, 0.5) is 0 Å². The SMILES string of the molecule is CC(C)C[C@H](NC(=O)[C@@H](CC(C)C)NC(=O)[C@H](Cc1ccc(O)cc1)NC(=O)[C@H](CO)NC(=O)[C@H](Cc1c[nH]c2ccccc12)NC(=O)[C@H](Cc1c[nH]cn1)NC(=O)[C@@H]1CCC(=O)N1)C(=O)N[C@@H](Cc1ccc(O)cc1)C(=O)N1CCC[C@H]1C(=O)NCC(N)=O. The molecule has 0 bridgehead atoms. The maximum absolute atomic E-state index is 14.7. The van der Waals surface area contributed by atoms with Crippen molar-refractivity contribution in [3.63, 3.8) is 0 Å². The number of primary amides is 1. The molecule has 28 heteroatoms. The lowest BCUT2D eigenvalue weighted by Crippen LogP contribution is -2.61. The zero-order valence-corrected chi connectivity index (χ0v) is 50.5. The Bertz CT molecular complexity index is 3350. The fourth-order valence-corrected chi connectivity index (χ4v) is 10.8. The third kappa shape index (κ3) is 19.3. The van der Waals surface area contributed by atoms with Gasteiger partial charge in [0.15, 0.2) is 0 Å². The second kappa shape index (κ2) is 31.9. The van der Waals surface area contributed by atoms with Crippen molar-refractivity contribution < 1.29 is 68.1 Å². The van der Waals surface area contributed by atoms with Gasteiger partial charge in [0.05, 0.1) is 25.2 Å². The van der Waals surface area contributed by atoms with Crippen molar-refractivity contribution in [1.29, 1.82) is 0 Å². The number of aromatic amines is 2. The highest BCUT2D eigenvalue weighted by atomic mass is 16.3. The molecule has 90 heavy (non-hydrogen) atoms. The second-order valence-electron chi connectivity index (χ2n) is 23.5. The number of fused-ring (bicyclic) bond motifs is 1. The average Bonchev–Trinajstić information content (AvgIpc) is 1.79. The van der Waals surface area contributed by atoms with Crippen molar-refractivity contribution in [1.82, 2.24) is 67.7 Å². The van der Waals surface area contributed by atoms with E-state index in [0.29, 0.717) is 39.7 Å². The number of rotatable bonds is 31. The van der Waals surface area contributed by atoms with Gasteiger partial charge in [-0.3, -0.25) is 52.7 Å². The number of aromatic hydroxyl groups is 2. The van der Waals surface area contributed by atoms with Crippen LogP contribution in [0.15, 0.2) is 91.5 Å². The summed E-state index contributed by atoms with van der Waals surface area (Å²) in [6, 6.07) is 6.82. The summed E-state index contributed by atoms with van der Waals surface area (Å²) in [5.41, 5.74) is 7.87. The lowest BCUT2D eigenvalue weighted by Gasteiger charge is -2.31. The summed E-state index contributed by atoms with van der Waals surface area (Å²) >= 11 is 0. The number of hydrogen-bond donors (Lipinski definition) is 15. The number of nitrogens with zero attached hydrogens (tertiary/aromatic N) is 2. The number of carbonyl (C=O) groups is 11. The summed E-state index contributed by atoms with van der Waals surface area (Å²) < 4.78 is 0. The summed E-state index contributed by atoms with van der Waals surface area (Å²) in [5.74, 6) is -8.96. The number of hydrogen-bond acceptors (Lipinski definition) is 15. The predicted octanol–water partition coefficient (Wildman–Crippen LogP) is -1.08. The minimum Gasteiger partial charge on any atom is -0.508 e. The van der Waals surface area contributed by atoms with Gasteiger partial charge in [0, 0.05) is 61.9 Å². The van der Waals surface area contributed by atoms with E-state index in [1.807, 2.05) is 0 Å². The van der Waals surface area contributed by atoms with E-state index < -0.39 is 127 Å². The number of benzene rings is 3. The Hall–Kier alpha value is -9.86. The van der Waals surface area contributed by atoms with Gasteiger partial charge in [0.25, 0.3) is 0 Å². The normalized spacial score (nSPS) is 17.0. The highest BCUT2D eigenvalue weighted by molar-refractivity contribution is 6.00. The van der Waals surface area contributed by atoms with E-state index in [0.717, 1.165) is 0 Å². The van der Waals surface area contributed by atoms with Gasteiger partial charge in [-0.15, -0.1) is 0 Å². The number of para-hydroxylation sites is 1. The minimum absolute atomic E-state index is 0.00579. The molecule has 2 fully saturated rings. The summed E-state index contributed by atoms with van der Waals surface area (Å²) in [4.78, 5) is 163. The lowest BCUT2D eigenvalue weighted by molar-refractivity contribution is -0.142. The van der Waals surface area contributed by atoms with Crippen LogP contribution in [0.3, 0.4) is 0 Å². The first kappa shape index (κ1) is 67.6. The molecule has 9 atom stereocenters. The molecule has 11 amide bonds. The molecule has 482 valence electrons. The molecular formula is C62H80N14O14. The molecule has 16 N–H and O–H groups in total. The van der Waals surface area contributed by atoms with Gasteiger partial charge in [-0.05, 0) is 91.0 Å². The molecule has 28 nitrogen and oxygen atoms in total. The number of amides is 11. The van der Waals surface area contributed by atoms with E-state index in [1.165, 1.54) is 53.8 Å². The van der Waals surface area contributed by atoms with Gasteiger partial charge in [0.1, 0.15) is 65.9 Å². The maximum Gasteiger partial charge on any atom is 0.246 e. The van der Waals surface area contributed by atoms with Crippen LogP contribution in [0.5, 0.6) is 11.5 Å². The second-order valence-corrected chi connectivity index (χ2v) is 23.5. The van der Waals surface area contributed by atoms with E-state index >= 15 is 0 Å². The Morgan fingerprint density at radius 1 is 0.611 bits per heavy atom. The van der Waals surface area contributed by atoms with Crippen LogP contribution in [0.25, 0.3) is 10.9 Å². The third-order valence-corrected chi connectivity index (χ3v) is 15.4. The molecular weight excluding hydrogens is 1160 g/mol. The zero-order valence-electron chi connectivity index (χ0n) is 50.5. The number of aliphatic hydroxyl groups is 1. The summed E-state index contributed by atoms with van der Waals surface area (Å²) in [5, 5.41) is 55.5. The topological polar surface area (TPSA) is 430 Å². The van der Waals surface area contributed by atoms with Crippen molar-refractivity contribution in [2.24, 2.45) is 17.6 Å². The summed E-state index contributed by atoms with van der Waals surface area (Å²) in [6.45, 7) is 5.86. The Morgan fingerprint density at radius 3 is 1.66 bits per heavy atom. The van der Waals surface area contributed by atoms with Crippen LogP contribution in [0.1, 0.15) is 88.6 Å². The van der Waals surface area contributed by atoms with Gasteiger partial charge in [-0.1, -0.05) is 70.2 Å². The smallest absolute Gasteiger partial charge is 0.246 e. The van der Waals surface area contributed by atoms with Gasteiger partial charge < -0.3 is 83.8 Å². The number of nitrogens with two attached hydrogens (primary N) is 1. The zero-order chi connectivity index (χ0) is 65.2. The maximum atomic E-state index is 14.7. The number of H-pyrrole nitrogens is 2. The fraction of sp³-hybridized carbons (Fsp3) is 0.452. The minimum atomic E-state index is -1.77. The molecule has 2 saturated heterocycles. The molecule has 7 rings (SSSR count). The van der Waals surface area contributed by atoms with Crippen molar-refractivity contribution in [2.45, 2.75) is 146 Å². The Labute approximate surface area is 518 Å². The molecule has 2 aromatic heterocycles. The lowest BCUT2D eigenvalue weighted by atomic mass is 9.98. The molecule has 0 unspecified atom stereocenters. The van der Waals surface area contributed by atoms with E-state index in [9.17, 15) is 68.1 Å². The highest BCUT2D eigenvalue weighted by Crippen LogP contribution is 2.23. The van der Waals surface area contributed by atoms with Gasteiger partial charge >= 0.3 is 0 Å². The van der Waals surface area contributed by atoms with Crippen molar-refractivity contribution in [3.05, 3.63) is 114 Å². The van der Waals surface area contributed by atoms with Gasteiger partial charge in [-0.2, -0.15) is 0 Å². The van der Waals surface area contributed by atoms with Crippen molar-refractivity contribution >= 4 is 75.9 Å². The number of phenols is 2. The molecule has 0 aliphatic carbocycles. The Morgan fingerprint density at radius 2 is 1.12 bits per heavy atom. The summed E-state index contributed by atoms with van der Waals surface area (Å²) in [7, 11) is 0. The number of carbonyl (C=O) groups excluding carboxylic acids is 11. The van der Waals surface area contributed by atoms with E-state index in [4.69, 9.17) is 5.73 Å². The van der Waals surface area contributed by atoms with Crippen LogP contribution < -0.4 is 53.6 Å². The first-order valence-corrected chi connectivity index (χ1v) is 29.9. The van der Waals surface area contributed by atoms with Crippen molar-refractivity contribution in [2.75, 3.05) is 19.7 Å². The molecule has 0 saturated carbocycles. The molecule has 0 radical (unpaired) electrons. The average molecular weight is 1250 g/mol. The number of nitrogens with one attached hydrogen (secondary N) is 11. The first-order valence-electron chi connectivity index (χ1n) is 29.9. The molecule has 2 aliphatic rings. The van der Waals surface area contributed by atoms with E-state index in [-0.39, 0.29) is 93.6 Å². The van der Waals surface area contributed by atoms with Crippen LogP contribution in [0.2, 0.25) is 0 Å². The number of likely N-dealkylation sites (tertiary alicyclic amines) is 1. The highest BCUT2D eigenvalue weighted by Gasteiger charge is 2.40. The molecule has 0 spiro atoms.